The van der Waals surface area contributed by atoms with Gasteiger partial charge in [0.2, 0.25) is 0 Å². The summed E-state index contributed by atoms with van der Waals surface area (Å²) in [5, 5.41) is 0. The quantitative estimate of drug-likeness (QED) is 0.468. The van der Waals surface area contributed by atoms with E-state index in [-0.39, 0.29) is 11.9 Å². The van der Waals surface area contributed by atoms with Gasteiger partial charge in [0.25, 0.3) is 0 Å². The second kappa shape index (κ2) is 6.66. The van der Waals surface area contributed by atoms with Crippen LogP contribution in [0.25, 0.3) is 0 Å². The van der Waals surface area contributed by atoms with Gasteiger partial charge in [0.05, 0.1) is 26.7 Å². The SMILES string of the molecule is C=C(C)COCC(C)CC(=O)OC. The summed E-state index contributed by atoms with van der Waals surface area (Å²) >= 11 is 0. The van der Waals surface area contributed by atoms with E-state index in [1.165, 1.54) is 7.11 Å². The number of hydrogen-bond donors (Lipinski definition) is 0. The Labute approximate surface area is 79.7 Å². The van der Waals surface area contributed by atoms with Crippen molar-refractivity contribution in [1.29, 1.82) is 0 Å². The molecule has 0 aliphatic heterocycles. The summed E-state index contributed by atoms with van der Waals surface area (Å²) in [6.07, 6.45) is 0.409. The molecule has 0 aromatic carbocycles. The molecule has 0 aliphatic carbocycles. The Kier molecular flexibility index (Phi) is 6.24. The molecule has 0 amide bonds. The van der Waals surface area contributed by atoms with Crippen LogP contribution in [0.4, 0.5) is 0 Å². The van der Waals surface area contributed by atoms with Gasteiger partial charge < -0.3 is 9.47 Å². The Morgan fingerprint density at radius 3 is 2.62 bits per heavy atom. The van der Waals surface area contributed by atoms with Crippen molar-refractivity contribution in [3.05, 3.63) is 12.2 Å². The molecule has 0 aromatic heterocycles. The van der Waals surface area contributed by atoms with Crippen molar-refractivity contribution in [2.24, 2.45) is 5.92 Å². The molecule has 0 spiro atoms. The van der Waals surface area contributed by atoms with Crippen LogP contribution in [-0.2, 0) is 14.3 Å². The minimum Gasteiger partial charge on any atom is -0.469 e. The number of carbonyl (C=O) groups excluding carboxylic acids is 1. The van der Waals surface area contributed by atoms with E-state index in [4.69, 9.17) is 4.74 Å². The number of rotatable bonds is 6. The van der Waals surface area contributed by atoms with E-state index in [0.29, 0.717) is 19.6 Å². The van der Waals surface area contributed by atoms with E-state index in [2.05, 4.69) is 11.3 Å². The zero-order valence-corrected chi connectivity index (χ0v) is 8.63. The predicted octanol–water partition coefficient (Wildman–Crippen LogP) is 1.78. The van der Waals surface area contributed by atoms with E-state index < -0.39 is 0 Å². The molecule has 0 N–H and O–H groups in total. The molecule has 3 heteroatoms. The van der Waals surface area contributed by atoms with E-state index in [1.54, 1.807) is 0 Å². The molecule has 0 bridgehead atoms. The maximum absolute atomic E-state index is 10.8. The van der Waals surface area contributed by atoms with Crippen molar-refractivity contribution in [2.45, 2.75) is 20.3 Å². The molecule has 1 unspecified atom stereocenters. The lowest BCUT2D eigenvalue weighted by atomic mass is 10.1. The van der Waals surface area contributed by atoms with Crippen LogP contribution in [0, 0.1) is 5.92 Å². The third-order valence-corrected chi connectivity index (χ3v) is 1.49. The van der Waals surface area contributed by atoms with E-state index in [9.17, 15) is 4.79 Å². The average molecular weight is 186 g/mol. The lowest BCUT2D eigenvalue weighted by Gasteiger charge is -2.10. The molecule has 0 fully saturated rings. The predicted molar refractivity (Wildman–Crippen MR) is 51.4 cm³/mol. The van der Waals surface area contributed by atoms with Crippen LogP contribution in [0.3, 0.4) is 0 Å². The smallest absolute Gasteiger partial charge is 0.305 e. The summed E-state index contributed by atoms with van der Waals surface area (Å²) in [7, 11) is 1.39. The van der Waals surface area contributed by atoms with Crippen molar-refractivity contribution in [3.63, 3.8) is 0 Å². The highest BCUT2D eigenvalue weighted by molar-refractivity contribution is 5.69. The Morgan fingerprint density at radius 2 is 2.15 bits per heavy atom. The van der Waals surface area contributed by atoms with Gasteiger partial charge in [0.15, 0.2) is 0 Å². The number of carbonyl (C=O) groups is 1. The lowest BCUT2D eigenvalue weighted by molar-refractivity contribution is -0.142. The largest absolute Gasteiger partial charge is 0.469 e. The summed E-state index contributed by atoms with van der Waals surface area (Å²) < 4.78 is 9.83. The highest BCUT2D eigenvalue weighted by Crippen LogP contribution is 2.04. The van der Waals surface area contributed by atoms with Gasteiger partial charge >= 0.3 is 5.97 Å². The molecule has 0 heterocycles. The molecule has 1 atom stereocenters. The van der Waals surface area contributed by atoms with Crippen LogP contribution in [0.15, 0.2) is 12.2 Å². The molecule has 0 saturated heterocycles. The Bertz CT molecular complexity index is 175. The molecule has 0 aromatic rings. The molecule has 0 saturated carbocycles. The molecule has 0 aliphatic rings. The average Bonchev–Trinajstić information content (AvgIpc) is 2.03. The van der Waals surface area contributed by atoms with Crippen molar-refractivity contribution in [1.82, 2.24) is 0 Å². The van der Waals surface area contributed by atoms with Gasteiger partial charge in [-0.25, -0.2) is 0 Å². The first kappa shape index (κ1) is 12.2. The van der Waals surface area contributed by atoms with Gasteiger partial charge in [-0.15, -0.1) is 0 Å². The first-order chi connectivity index (χ1) is 6.06. The fourth-order valence-corrected chi connectivity index (χ4v) is 0.861. The Balaban J connectivity index is 3.45. The summed E-state index contributed by atoms with van der Waals surface area (Å²) in [5.41, 5.74) is 0.991. The Morgan fingerprint density at radius 1 is 1.54 bits per heavy atom. The first-order valence-corrected chi connectivity index (χ1v) is 4.35. The van der Waals surface area contributed by atoms with Crippen LogP contribution < -0.4 is 0 Å². The van der Waals surface area contributed by atoms with Crippen molar-refractivity contribution >= 4 is 5.97 Å². The van der Waals surface area contributed by atoms with Crippen molar-refractivity contribution < 1.29 is 14.3 Å². The zero-order valence-electron chi connectivity index (χ0n) is 8.63. The second-order valence-electron chi connectivity index (χ2n) is 3.36. The van der Waals surface area contributed by atoms with Crippen molar-refractivity contribution in [2.75, 3.05) is 20.3 Å². The van der Waals surface area contributed by atoms with Gasteiger partial charge in [0, 0.05) is 0 Å². The van der Waals surface area contributed by atoms with Crippen LogP contribution in [0.2, 0.25) is 0 Å². The van der Waals surface area contributed by atoms with Gasteiger partial charge in [-0.05, 0) is 12.8 Å². The number of methoxy groups -OCH3 is 1. The molecular weight excluding hydrogens is 168 g/mol. The summed E-state index contributed by atoms with van der Waals surface area (Å²) in [6.45, 7) is 8.71. The van der Waals surface area contributed by atoms with E-state index >= 15 is 0 Å². The minimum atomic E-state index is -0.188. The van der Waals surface area contributed by atoms with Crippen LogP contribution >= 0.6 is 0 Å². The number of ether oxygens (including phenoxy) is 2. The van der Waals surface area contributed by atoms with E-state index in [1.807, 2.05) is 13.8 Å². The van der Waals surface area contributed by atoms with Gasteiger partial charge in [0.1, 0.15) is 0 Å². The van der Waals surface area contributed by atoms with Crippen molar-refractivity contribution in [3.8, 4) is 0 Å². The third kappa shape index (κ3) is 7.53. The van der Waals surface area contributed by atoms with E-state index in [0.717, 1.165) is 5.57 Å². The maximum Gasteiger partial charge on any atom is 0.305 e. The first-order valence-electron chi connectivity index (χ1n) is 4.35. The highest BCUT2D eigenvalue weighted by atomic mass is 16.5. The molecule has 76 valence electrons. The number of esters is 1. The second-order valence-corrected chi connectivity index (χ2v) is 3.36. The highest BCUT2D eigenvalue weighted by Gasteiger charge is 2.08. The fraction of sp³-hybridized carbons (Fsp3) is 0.700. The maximum atomic E-state index is 10.8. The molecule has 3 nitrogen and oxygen atoms in total. The number of hydrogen-bond acceptors (Lipinski definition) is 3. The summed E-state index contributed by atoms with van der Waals surface area (Å²) in [4.78, 5) is 10.8. The van der Waals surface area contributed by atoms with Crippen LogP contribution in [0.5, 0.6) is 0 Å². The van der Waals surface area contributed by atoms with Gasteiger partial charge in [-0.3, -0.25) is 4.79 Å². The summed E-state index contributed by atoms with van der Waals surface area (Å²) in [6, 6.07) is 0. The molecular formula is C10H18O3. The molecule has 13 heavy (non-hydrogen) atoms. The van der Waals surface area contributed by atoms with Crippen LogP contribution in [0.1, 0.15) is 20.3 Å². The topological polar surface area (TPSA) is 35.5 Å². The molecule has 0 rings (SSSR count). The molecule has 0 radical (unpaired) electrons. The Hall–Kier alpha value is -0.830. The zero-order chi connectivity index (χ0) is 10.3. The summed E-state index contributed by atoms with van der Waals surface area (Å²) in [5.74, 6) is 0.0122. The monoisotopic (exact) mass is 186 g/mol. The standard InChI is InChI=1S/C10H18O3/c1-8(2)6-13-7-9(3)5-10(11)12-4/h9H,1,5-7H2,2-4H3. The fourth-order valence-electron chi connectivity index (χ4n) is 0.861. The lowest BCUT2D eigenvalue weighted by Crippen LogP contribution is -2.13. The van der Waals surface area contributed by atoms with Gasteiger partial charge in [-0.1, -0.05) is 19.1 Å². The minimum absolute atomic E-state index is 0.188. The third-order valence-electron chi connectivity index (χ3n) is 1.49. The van der Waals surface area contributed by atoms with Gasteiger partial charge in [-0.2, -0.15) is 0 Å². The normalized spacial score (nSPS) is 12.2. The van der Waals surface area contributed by atoms with Crippen LogP contribution in [-0.4, -0.2) is 26.3 Å².